The first-order valence-electron chi connectivity index (χ1n) is 7.61. The Morgan fingerprint density at radius 1 is 1.13 bits per heavy atom. The summed E-state index contributed by atoms with van der Waals surface area (Å²) in [5, 5.41) is 8.84. The monoisotopic (exact) mass is 309 g/mol. The molecule has 1 saturated heterocycles. The molecule has 23 heavy (non-hydrogen) atoms. The topological polar surface area (TPSA) is 89.2 Å². The van der Waals surface area contributed by atoms with Crippen LogP contribution in [0.4, 0.5) is 5.69 Å². The van der Waals surface area contributed by atoms with Crippen molar-refractivity contribution in [2.45, 2.75) is 6.54 Å². The Morgan fingerprint density at radius 2 is 1.83 bits per heavy atom. The Kier molecular flexibility index (Phi) is 4.31. The van der Waals surface area contributed by atoms with E-state index in [0.717, 1.165) is 44.1 Å². The third-order valence-corrected chi connectivity index (χ3v) is 4.15. The number of nitrogens with two attached hydrogens (primary N) is 1. The van der Waals surface area contributed by atoms with Crippen molar-refractivity contribution in [2.24, 2.45) is 5.73 Å². The predicted molar refractivity (Wildman–Crippen MR) is 88.0 cm³/mol. The molecule has 0 bridgehead atoms. The van der Waals surface area contributed by atoms with Crippen LogP contribution in [0.2, 0.25) is 0 Å². The fraction of sp³-hybridized carbons (Fsp3) is 0.294. The number of aromatic amines is 1. The molecule has 1 aromatic carbocycles. The summed E-state index contributed by atoms with van der Waals surface area (Å²) in [6, 6.07) is 13.3. The lowest BCUT2D eigenvalue weighted by molar-refractivity contribution is 0.100. The summed E-state index contributed by atoms with van der Waals surface area (Å²) in [7, 11) is 0. The number of nitrogens with one attached hydrogen (secondary N) is 1. The number of carbonyl (C=O) groups excluding carboxylic acids is 1. The highest BCUT2D eigenvalue weighted by Gasteiger charge is 2.18. The maximum absolute atomic E-state index is 11.1. The number of benzene rings is 1. The molecule has 2 heterocycles. The zero-order valence-corrected chi connectivity index (χ0v) is 12.8. The minimum Gasteiger partial charge on any atom is -0.369 e. The van der Waals surface area contributed by atoms with Gasteiger partial charge in [-0.05, 0) is 36.4 Å². The minimum absolute atomic E-state index is 0.399. The van der Waals surface area contributed by atoms with Crippen LogP contribution in [0.25, 0.3) is 0 Å². The number of nitriles is 1. The van der Waals surface area contributed by atoms with Crippen molar-refractivity contribution in [3.05, 3.63) is 53.3 Å². The van der Waals surface area contributed by atoms with Crippen molar-refractivity contribution in [2.75, 3.05) is 31.1 Å². The van der Waals surface area contributed by atoms with Gasteiger partial charge >= 0.3 is 0 Å². The normalized spacial score (nSPS) is 15.3. The highest BCUT2D eigenvalue weighted by Crippen LogP contribution is 2.18. The minimum atomic E-state index is -0.399. The Morgan fingerprint density at radius 3 is 2.39 bits per heavy atom. The van der Waals surface area contributed by atoms with E-state index in [2.05, 4.69) is 20.9 Å². The van der Waals surface area contributed by atoms with Crippen LogP contribution in [0.5, 0.6) is 0 Å². The van der Waals surface area contributed by atoms with E-state index in [9.17, 15) is 4.79 Å². The fourth-order valence-electron chi connectivity index (χ4n) is 2.84. The van der Waals surface area contributed by atoms with Gasteiger partial charge in [-0.15, -0.1) is 0 Å². The van der Waals surface area contributed by atoms with Crippen molar-refractivity contribution in [1.29, 1.82) is 5.26 Å². The summed E-state index contributed by atoms with van der Waals surface area (Å²) in [5.41, 5.74) is 8.59. The second-order valence-corrected chi connectivity index (χ2v) is 5.68. The van der Waals surface area contributed by atoms with Crippen LogP contribution < -0.4 is 10.6 Å². The van der Waals surface area contributed by atoms with Crippen molar-refractivity contribution in [3.8, 4) is 6.07 Å². The summed E-state index contributed by atoms with van der Waals surface area (Å²) >= 11 is 0. The van der Waals surface area contributed by atoms with E-state index in [1.165, 1.54) is 0 Å². The summed E-state index contributed by atoms with van der Waals surface area (Å²) in [6.45, 7) is 4.61. The lowest BCUT2D eigenvalue weighted by Crippen LogP contribution is -2.46. The molecular formula is C17H19N5O. The van der Waals surface area contributed by atoms with E-state index in [4.69, 9.17) is 11.0 Å². The third-order valence-electron chi connectivity index (χ3n) is 4.15. The Hall–Kier alpha value is -2.78. The summed E-state index contributed by atoms with van der Waals surface area (Å²) < 4.78 is 0. The second kappa shape index (κ2) is 6.55. The van der Waals surface area contributed by atoms with Gasteiger partial charge in [-0.1, -0.05) is 0 Å². The Bertz CT molecular complexity index is 720. The lowest BCUT2D eigenvalue weighted by atomic mass is 10.1. The first-order valence-corrected chi connectivity index (χ1v) is 7.61. The van der Waals surface area contributed by atoms with Crippen LogP contribution in [-0.4, -0.2) is 42.0 Å². The van der Waals surface area contributed by atoms with Gasteiger partial charge in [0.25, 0.3) is 0 Å². The second-order valence-electron chi connectivity index (χ2n) is 5.68. The van der Waals surface area contributed by atoms with Gasteiger partial charge in [0, 0.05) is 49.7 Å². The van der Waals surface area contributed by atoms with E-state index in [-0.39, 0.29) is 0 Å². The van der Waals surface area contributed by atoms with Crippen LogP contribution in [0.15, 0.2) is 36.4 Å². The van der Waals surface area contributed by atoms with Crippen molar-refractivity contribution < 1.29 is 4.79 Å². The first-order chi connectivity index (χ1) is 11.2. The van der Waals surface area contributed by atoms with Crippen LogP contribution >= 0.6 is 0 Å². The maximum atomic E-state index is 11.1. The zero-order valence-electron chi connectivity index (χ0n) is 12.8. The predicted octanol–water partition coefficient (Wildman–Crippen LogP) is 1.31. The lowest BCUT2D eigenvalue weighted by Gasteiger charge is -2.36. The molecule has 0 spiro atoms. The standard InChI is InChI=1S/C17H19N5O/c18-11-14-3-4-15(20-14)12-21-7-9-22(10-8-21)16-5-1-13(2-6-16)17(19)23/h1-6,20H,7-10,12H2,(H2,19,23). The number of primary amides is 1. The summed E-state index contributed by atoms with van der Waals surface area (Å²) in [5.74, 6) is -0.399. The molecule has 3 N–H and O–H groups in total. The van der Waals surface area contributed by atoms with Crippen molar-refractivity contribution in [1.82, 2.24) is 9.88 Å². The molecule has 118 valence electrons. The van der Waals surface area contributed by atoms with Gasteiger partial charge in [-0.2, -0.15) is 5.26 Å². The van der Waals surface area contributed by atoms with Gasteiger partial charge in [0.15, 0.2) is 0 Å². The van der Waals surface area contributed by atoms with Gasteiger partial charge in [0.2, 0.25) is 5.91 Å². The third kappa shape index (κ3) is 3.52. The molecule has 6 nitrogen and oxygen atoms in total. The van der Waals surface area contributed by atoms with Gasteiger partial charge in [-0.3, -0.25) is 9.69 Å². The molecule has 1 fully saturated rings. The molecule has 1 aliphatic heterocycles. The number of rotatable bonds is 4. The fourth-order valence-corrected chi connectivity index (χ4v) is 2.84. The van der Waals surface area contributed by atoms with Gasteiger partial charge in [-0.25, -0.2) is 0 Å². The number of anilines is 1. The number of aromatic nitrogens is 1. The van der Waals surface area contributed by atoms with E-state index >= 15 is 0 Å². The maximum Gasteiger partial charge on any atom is 0.248 e. The van der Waals surface area contributed by atoms with Crippen molar-refractivity contribution in [3.63, 3.8) is 0 Å². The van der Waals surface area contributed by atoms with Gasteiger partial charge < -0.3 is 15.6 Å². The van der Waals surface area contributed by atoms with Gasteiger partial charge in [0.05, 0.1) is 0 Å². The SMILES string of the molecule is N#Cc1ccc(CN2CCN(c3ccc(C(N)=O)cc3)CC2)[nH]1. The summed E-state index contributed by atoms with van der Waals surface area (Å²) in [4.78, 5) is 18.9. The van der Waals surface area contributed by atoms with E-state index < -0.39 is 5.91 Å². The number of nitrogens with zero attached hydrogens (tertiary/aromatic N) is 3. The molecule has 6 heteroatoms. The molecule has 0 atom stereocenters. The average Bonchev–Trinajstić information content (AvgIpc) is 3.03. The number of piperazine rings is 1. The highest BCUT2D eigenvalue weighted by molar-refractivity contribution is 5.93. The van der Waals surface area contributed by atoms with Crippen LogP contribution in [0, 0.1) is 11.3 Å². The molecule has 0 radical (unpaired) electrons. The molecule has 0 saturated carbocycles. The van der Waals surface area contributed by atoms with E-state index in [1.54, 1.807) is 12.1 Å². The molecule has 1 aliphatic rings. The average molecular weight is 309 g/mol. The van der Waals surface area contributed by atoms with Crippen LogP contribution in [0.3, 0.4) is 0 Å². The molecule has 0 aliphatic carbocycles. The number of hydrogen-bond donors (Lipinski definition) is 2. The van der Waals surface area contributed by atoms with E-state index in [0.29, 0.717) is 11.3 Å². The first kappa shape index (κ1) is 15.1. The molecule has 2 aromatic rings. The molecular weight excluding hydrogens is 290 g/mol. The van der Waals surface area contributed by atoms with Crippen LogP contribution in [0.1, 0.15) is 21.7 Å². The smallest absolute Gasteiger partial charge is 0.248 e. The number of hydrogen-bond acceptors (Lipinski definition) is 4. The zero-order chi connectivity index (χ0) is 16.2. The largest absolute Gasteiger partial charge is 0.369 e. The van der Waals surface area contributed by atoms with Gasteiger partial charge in [0.1, 0.15) is 11.8 Å². The quantitative estimate of drug-likeness (QED) is 0.891. The molecule has 1 amide bonds. The number of amides is 1. The number of H-pyrrole nitrogens is 1. The molecule has 3 rings (SSSR count). The molecule has 0 unspecified atom stereocenters. The van der Waals surface area contributed by atoms with Crippen molar-refractivity contribution >= 4 is 11.6 Å². The van der Waals surface area contributed by atoms with Crippen LogP contribution in [-0.2, 0) is 6.54 Å². The Labute approximate surface area is 135 Å². The Balaban J connectivity index is 1.55. The summed E-state index contributed by atoms with van der Waals surface area (Å²) in [6.07, 6.45) is 0. The molecule has 1 aromatic heterocycles. The highest BCUT2D eigenvalue weighted by atomic mass is 16.1. The number of carbonyl (C=O) groups is 1. The van der Waals surface area contributed by atoms with E-state index in [1.807, 2.05) is 24.3 Å².